The maximum atomic E-state index is 12.6. The third kappa shape index (κ3) is 2.41. The van der Waals surface area contributed by atoms with E-state index >= 15 is 0 Å². The zero-order chi connectivity index (χ0) is 17.9. The van der Waals surface area contributed by atoms with Gasteiger partial charge in [-0.25, -0.2) is 0 Å². The standard InChI is InChI=1S/C19H24O6/c1-4-24-19(2,3)25-8-23-18(22)12-7-11-13-9-5-6-10(16(9)20)14(13)15(12)17(11)21/h5-6,9-15H,4,7-8H2,1-3H3. The van der Waals surface area contributed by atoms with Crippen molar-refractivity contribution in [1.82, 2.24) is 0 Å². The molecule has 25 heavy (non-hydrogen) atoms. The number of hydrogen-bond donors (Lipinski definition) is 0. The van der Waals surface area contributed by atoms with Crippen LogP contribution in [0, 0.1) is 41.4 Å². The molecule has 0 amide bonds. The van der Waals surface area contributed by atoms with E-state index in [4.69, 9.17) is 14.2 Å². The first-order valence-electron chi connectivity index (χ1n) is 9.06. The quantitative estimate of drug-likeness (QED) is 0.315. The third-order valence-corrected chi connectivity index (χ3v) is 6.37. The molecule has 7 unspecified atom stereocenters. The van der Waals surface area contributed by atoms with Crippen molar-refractivity contribution < 1.29 is 28.6 Å². The molecule has 0 aliphatic heterocycles. The van der Waals surface area contributed by atoms with Crippen LogP contribution in [-0.4, -0.2) is 36.7 Å². The Balaban J connectivity index is 1.40. The molecule has 6 nitrogen and oxygen atoms in total. The van der Waals surface area contributed by atoms with E-state index in [0.29, 0.717) is 13.0 Å². The second kappa shape index (κ2) is 5.74. The van der Waals surface area contributed by atoms with E-state index in [1.165, 1.54) is 0 Å². The molecule has 0 radical (unpaired) electrons. The lowest BCUT2D eigenvalue weighted by atomic mass is 9.69. The van der Waals surface area contributed by atoms with E-state index in [9.17, 15) is 14.4 Å². The Morgan fingerprint density at radius 3 is 2.48 bits per heavy atom. The Morgan fingerprint density at radius 1 is 1.12 bits per heavy atom. The van der Waals surface area contributed by atoms with Gasteiger partial charge in [0.25, 0.3) is 0 Å². The molecule has 4 aliphatic carbocycles. The molecule has 7 atom stereocenters. The van der Waals surface area contributed by atoms with Gasteiger partial charge in [0.15, 0.2) is 12.6 Å². The van der Waals surface area contributed by atoms with Crippen molar-refractivity contribution in [1.29, 1.82) is 0 Å². The first kappa shape index (κ1) is 16.9. The number of Topliss-reactive ketones (excluding diaryl/α,β-unsaturated/α-hetero) is 2. The fraction of sp³-hybridized carbons (Fsp3) is 0.737. The van der Waals surface area contributed by atoms with Crippen molar-refractivity contribution >= 4 is 17.5 Å². The van der Waals surface area contributed by atoms with Gasteiger partial charge in [0.2, 0.25) is 0 Å². The van der Waals surface area contributed by atoms with Crippen LogP contribution in [0.15, 0.2) is 12.2 Å². The number of ketones is 2. The molecule has 0 aromatic rings. The molecule has 0 aromatic carbocycles. The molecule has 0 saturated heterocycles. The lowest BCUT2D eigenvalue weighted by Gasteiger charge is -2.33. The van der Waals surface area contributed by atoms with Crippen LogP contribution in [0.3, 0.4) is 0 Å². The van der Waals surface area contributed by atoms with Gasteiger partial charge < -0.3 is 14.2 Å². The van der Waals surface area contributed by atoms with Gasteiger partial charge in [0.05, 0.1) is 5.92 Å². The Morgan fingerprint density at radius 2 is 1.80 bits per heavy atom. The molecule has 4 bridgehead atoms. The molecular weight excluding hydrogens is 324 g/mol. The van der Waals surface area contributed by atoms with Gasteiger partial charge in [-0.05, 0) is 39.0 Å². The van der Waals surface area contributed by atoms with Gasteiger partial charge in [-0.2, -0.15) is 0 Å². The van der Waals surface area contributed by atoms with Gasteiger partial charge in [-0.1, -0.05) is 12.2 Å². The van der Waals surface area contributed by atoms with Crippen molar-refractivity contribution in [3.8, 4) is 0 Å². The Labute approximate surface area is 146 Å². The summed E-state index contributed by atoms with van der Waals surface area (Å²) in [6.07, 6.45) is 4.39. The molecule has 4 aliphatic rings. The average molecular weight is 348 g/mol. The second-order valence-corrected chi connectivity index (χ2v) is 7.93. The highest BCUT2D eigenvalue weighted by atomic mass is 16.8. The second-order valence-electron chi connectivity index (χ2n) is 7.93. The molecule has 0 aromatic heterocycles. The monoisotopic (exact) mass is 348 g/mol. The number of ether oxygens (including phenoxy) is 3. The summed E-state index contributed by atoms with van der Waals surface area (Å²) in [5, 5.41) is 0. The Hall–Kier alpha value is -1.53. The van der Waals surface area contributed by atoms with Gasteiger partial charge in [-0.15, -0.1) is 0 Å². The number of rotatable bonds is 6. The van der Waals surface area contributed by atoms with Crippen LogP contribution in [0.4, 0.5) is 0 Å². The van der Waals surface area contributed by atoms with Gasteiger partial charge >= 0.3 is 5.97 Å². The summed E-state index contributed by atoms with van der Waals surface area (Å²) in [7, 11) is 0. The predicted molar refractivity (Wildman–Crippen MR) is 86.0 cm³/mol. The summed E-state index contributed by atoms with van der Waals surface area (Å²) >= 11 is 0. The average Bonchev–Trinajstić information content (AvgIpc) is 3.24. The van der Waals surface area contributed by atoms with Crippen LogP contribution in [0.5, 0.6) is 0 Å². The smallest absolute Gasteiger partial charge is 0.311 e. The lowest BCUT2D eigenvalue weighted by Crippen LogP contribution is -2.36. The molecule has 0 N–H and O–H groups in total. The highest BCUT2D eigenvalue weighted by molar-refractivity contribution is 6.01. The number of fused-ring (bicyclic) bond motifs is 9. The molecule has 3 fully saturated rings. The van der Waals surface area contributed by atoms with E-state index in [1.807, 2.05) is 19.1 Å². The molecule has 6 heteroatoms. The maximum absolute atomic E-state index is 12.6. The first-order chi connectivity index (χ1) is 11.9. The maximum Gasteiger partial charge on any atom is 0.311 e. The minimum atomic E-state index is -0.827. The van der Waals surface area contributed by atoms with Gasteiger partial charge in [-0.3, -0.25) is 14.4 Å². The third-order valence-electron chi connectivity index (χ3n) is 6.37. The van der Waals surface area contributed by atoms with Crippen LogP contribution in [0.1, 0.15) is 27.2 Å². The minimum absolute atomic E-state index is 0.00733. The summed E-state index contributed by atoms with van der Waals surface area (Å²) in [5.74, 6) is -2.02. The van der Waals surface area contributed by atoms with Crippen molar-refractivity contribution in [3.63, 3.8) is 0 Å². The molecular formula is C19H24O6. The fourth-order valence-corrected chi connectivity index (χ4v) is 5.50. The molecule has 4 rings (SSSR count). The van der Waals surface area contributed by atoms with Crippen molar-refractivity contribution in [2.24, 2.45) is 41.4 Å². The lowest BCUT2D eigenvalue weighted by molar-refractivity contribution is -0.249. The molecule has 0 spiro atoms. The summed E-state index contributed by atoms with van der Waals surface area (Å²) in [5.41, 5.74) is 0. The Bertz CT molecular complexity index is 650. The summed E-state index contributed by atoms with van der Waals surface area (Å²) in [6.45, 7) is 5.66. The Kier molecular flexibility index (Phi) is 3.88. The summed E-state index contributed by atoms with van der Waals surface area (Å²) in [6, 6.07) is 0. The minimum Gasteiger partial charge on any atom is -0.438 e. The van der Waals surface area contributed by atoms with Gasteiger partial charge in [0.1, 0.15) is 11.6 Å². The topological polar surface area (TPSA) is 78.9 Å². The van der Waals surface area contributed by atoms with E-state index in [1.54, 1.807) is 13.8 Å². The summed E-state index contributed by atoms with van der Waals surface area (Å²) < 4.78 is 16.1. The van der Waals surface area contributed by atoms with Crippen LogP contribution in [-0.2, 0) is 28.6 Å². The zero-order valence-electron chi connectivity index (χ0n) is 14.8. The number of carbonyl (C=O) groups is 3. The summed E-state index contributed by atoms with van der Waals surface area (Å²) in [4.78, 5) is 37.4. The highest BCUT2D eigenvalue weighted by Gasteiger charge is 2.69. The fourth-order valence-electron chi connectivity index (χ4n) is 5.50. The van der Waals surface area contributed by atoms with E-state index in [0.717, 1.165) is 0 Å². The van der Waals surface area contributed by atoms with Crippen molar-refractivity contribution in [2.75, 3.05) is 13.4 Å². The predicted octanol–water partition coefficient (Wildman–Crippen LogP) is 1.73. The number of carbonyl (C=O) groups excluding carboxylic acids is 3. The molecule has 136 valence electrons. The largest absolute Gasteiger partial charge is 0.438 e. The SMILES string of the molecule is CCOC(C)(C)OCOC(=O)C1CC2C(=O)C1C1C3C=CC(C3=O)C21. The molecule has 0 heterocycles. The normalized spacial score (nSPS) is 40.8. The number of esters is 1. The van der Waals surface area contributed by atoms with Crippen LogP contribution in [0.25, 0.3) is 0 Å². The van der Waals surface area contributed by atoms with E-state index in [-0.39, 0.29) is 53.9 Å². The van der Waals surface area contributed by atoms with E-state index in [2.05, 4.69) is 0 Å². The number of allylic oxidation sites excluding steroid dienone is 2. The van der Waals surface area contributed by atoms with Crippen LogP contribution >= 0.6 is 0 Å². The number of hydrogen-bond acceptors (Lipinski definition) is 6. The van der Waals surface area contributed by atoms with Crippen LogP contribution in [0.2, 0.25) is 0 Å². The van der Waals surface area contributed by atoms with Crippen LogP contribution < -0.4 is 0 Å². The van der Waals surface area contributed by atoms with Crippen molar-refractivity contribution in [2.45, 2.75) is 33.0 Å². The van der Waals surface area contributed by atoms with Gasteiger partial charge in [0, 0.05) is 30.3 Å². The molecule has 3 saturated carbocycles. The van der Waals surface area contributed by atoms with E-state index < -0.39 is 17.7 Å². The first-order valence-corrected chi connectivity index (χ1v) is 9.06. The van der Waals surface area contributed by atoms with Crippen molar-refractivity contribution in [3.05, 3.63) is 12.2 Å². The zero-order valence-corrected chi connectivity index (χ0v) is 14.8. The highest BCUT2D eigenvalue weighted by Crippen LogP contribution is 2.64.